The fraction of sp³-hybridized carbons (Fsp3) is 0.231. The predicted octanol–water partition coefficient (Wildman–Crippen LogP) is 1.22. The molecule has 2 rings (SSSR count). The zero-order chi connectivity index (χ0) is 16.8. The molecule has 0 aliphatic rings. The number of anilines is 3. The number of carbonyl (C=O) groups excluding carboxylic acids is 2. The lowest BCUT2D eigenvalue weighted by Gasteiger charge is -2.13. The average molecular weight is 320 g/mol. The van der Waals surface area contributed by atoms with E-state index < -0.39 is 12.0 Å². The third-order valence-corrected chi connectivity index (χ3v) is 2.77. The largest absolute Gasteiger partial charge is 0.497 e. The number of aromatic amines is 1. The molecule has 0 spiro atoms. The van der Waals surface area contributed by atoms with Gasteiger partial charge in [0.1, 0.15) is 5.75 Å². The molecule has 23 heavy (non-hydrogen) atoms. The Hall–Kier alpha value is -3.30. The zero-order valence-corrected chi connectivity index (χ0v) is 12.5. The number of methoxy groups -OCH3 is 1. The van der Waals surface area contributed by atoms with E-state index in [9.17, 15) is 9.59 Å². The number of nitrogens with zero attached hydrogens (tertiary/aromatic N) is 2. The van der Waals surface area contributed by atoms with E-state index in [-0.39, 0.29) is 18.1 Å². The highest BCUT2D eigenvalue weighted by atomic mass is 16.5. The highest BCUT2D eigenvalue weighted by molar-refractivity contribution is 5.97. The molecule has 0 atom stereocenters. The number of nitrogens with one attached hydrogen (secondary N) is 3. The Morgan fingerprint density at radius 2 is 2.09 bits per heavy atom. The topological polar surface area (TPSA) is 144 Å². The lowest BCUT2D eigenvalue weighted by atomic mass is 10.2. The number of primary amides is 1. The summed E-state index contributed by atoms with van der Waals surface area (Å²) in [7, 11) is 1.50. The van der Waals surface area contributed by atoms with E-state index in [1.807, 2.05) is 0 Å². The van der Waals surface area contributed by atoms with E-state index >= 15 is 0 Å². The third-order valence-electron chi connectivity index (χ3n) is 2.77. The van der Waals surface area contributed by atoms with Gasteiger partial charge in [-0.1, -0.05) is 0 Å². The molecule has 0 fully saturated rings. The van der Waals surface area contributed by atoms with Crippen LogP contribution < -0.4 is 21.1 Å². The van der Waals surface area contributed by atoms with Crippen molar-refractivity contribution in [1.82, 2.24) is 15.4 Å². The number of H-pyrrole nitrogens is 1. The molecule has 0 aliphatic heterocycles. The normalized spacial score (nSPS) is 10.0. The fourth-order valence-corrected chi connectivity index (χ4v) is 1.76. The Bertz CT molecular complexity index is 714. The lowest BCUT2D eigenvalue weighted by Crippen LogP contribution is -2.16. The number of hydrogen-bond donors (Lipinski definition) is 4. The Balaban J connectivity index is 2.31. The van der Waals surface area contributed by atoms with Crippen molar-refractivity contribution in [2.24, 2.45) is 5.73 Å². The number of ether oxygens (including phenoxy) is 2. The van der Waals surface area contributed by atoms with Gasteiger partial charge in [-0.2, -0.15) is 5.21 Å². The Labute approximate surface area is 131 Å². The summed E-state index contributed by atoms with van der Waals surface area (Å²) in [6.45, 7) is 1.92. The van der Waals surface area contributed by atoms with Gasteiger partial charge in [0.25, 0.3) is 5.91 Å². The van der Waals surface area contributed by atoms with E-state index in [1.54, 1.807) is 25.1 Å². The van der Waals surface area contributed by atoms with Crippen molar-refractivity contribution in [3.05, 3.63) is 23.9 Å². The zero-order valence-electron chi connectivity index (χ0n) is 12.5. The molecule has 1 heterocycles. The third kappa shape index (κ3) is 3.87. The molecule has 1 aromatic heterocycles. The highest BCUT2D eigenvalue weighted by Gasteiger charge is 2.16. The molecule has 2 amide bonds. The van der Waals surface area contributed by atoms with E-state index in [0.29, 0.717) is 17.1 Å². The van der Waals surface area contributed by atoms with Crippen molar-refractivity contribution in [3.63, 3.8) is 0 Å². The monoisotopic (exact) mass is 320 g/mol. The van der Waals surface area contributed by atoms with Crippen LogP contribution in [-0.4, -0.2) is 41.1 Å². The van der Waals surface area contributed by atoms with Crippen molar-refractivity contribution in [3.8, 4) is 5.75 Å². The molecule has 5 N–H and O–H groups in total. The summed E-state index contributed by atoms with van der Waals surface area (Å²) < 4.78 is 9.96. The molecule has 2 aromatic rings. The van der Waals surface area contributed by atoms with Gasteiger partial charge in [-0.15, -0.1) is 10.2 Å². The smallest absolute Gasteiger partial charge is 0.411 e. The SMILES string of the molecule is CCOC(=O)Nc1cc(OC)ccc1Nc1n[nH]nc1C(N)=O. The molecule has 0 unspecified atom stereocenters. The maximum absolute atomic E-state index is 11.6. The van der Waals surface area contributed by atoms with Crippen molar-refractivity contribution >= 4 is 29.2 Å². The second-order valence-electron chi connectivity index (χ2n) is 4.27. The molecule has 0 bridgehead atoms. The van der Waals surface area contributed by atoms with E-state index in [1.165, 1.54) is 7.11 Å². The van der Waals surface area contributed by atoms with Gasteiger partial charge in [-0.25, -0.2) is 4.79 Å². The first kappa shape index (κ1) is 16.1. The second kappa shape index (κ2) is 7.11. The molecule has 0 saturated heterocycles. The maximum atomic E-state index is 11.6. The van der Waals surface area contributed by atoms with Crippen LogP contribution in [0, 0.1) is 0 Å². The minimum atomic E-state index is -0.741. The van der Waals surface area contributed by atoms with Crippen LogP contribution in [0.15, 0.2) is 18.2 Å². The first-order chi connectivity index (χ1) is 11.0. The number of hydrogen-bond acceptors (Lipinski definition) is 7. The minimum absolute atomic E-state index is 0.0529. The number of rotatable bonds is 6. The van der Waals surface area contributed by atoms with Gasteiger partial charge in [0.15, 0.2) is 11.5 Å². The summed E-state index contributed by atoms with van der Waals surface area (Å²) in [6, 6.07) is 4.89. The number of amides is 2. The van der Waals surface area contributed by atoms with E-state index in [4.69, 9.17) is 15.2 Å². The first-order valence-electron chi connectivity index (χ1n) is 6.64. The predicted molar refractivity (Wildman–Crippen MR) is 81.8 cm³/mol. The molecule has 0 aliphatic carbocycles. The molecule has 0 saturated carbocycles. The summed E-state index contributed by atoms with van der Waals surface area (Å²) in [5, 5.41) is 15.2. The molecular weight excluding hydrogens is 304 g/mol. The van der Waals surface area contributed by atoms with Crippen molar-refractivity contribution < 1.29 is 19.1 Å². The molecule has 10 nitrogen and oxygen atoms in total. The lowest BCUT2D eigenvalue weighted by molar-refractivity contribution is 0.0996. The summed E-state index contributed by atoms with van der Waals surface area (Å²) >= 11 is 0. The molecule has 1 aromatic carbocycles. The van der Waals surface area contributed by atoms with Gasteiger partial charge in [-0.3, -0.25) is 10.1 Å². The summed E-state index contributed by atoms with van der Waals surface area (Å²) in [5.74, 6) is -0.0816. The molecule has 10 heteroatoms. The quantitative estimate of drug-likeness (QED) is 0.626. The molecule has 122 valence electrons. The second-order valence-corrected chi connectivity index (χ2v) is 4.27. The van der Waals surface area contributed by atoms with E-state index in [0.717, 1.165) is 0 Å². The minimum Gasteiger partial charge on any atom is -0.497 e. The Morgan fingerprint density at radius 3 is 2.74 bits per heavy atom. The van der Waals surface area contributed by atoms with Gasteiger partial charge in [0.2, 0.25) is 0 Å². The van der Waals surface area contributed by atoms with Crippen LogP contribution in [0.4, 0.5) is 22.0 Å². The Kier molecular flexibility index (Phi) is 4.97. The number of aromatic nitrogens is 3. The van der Waals surface area contributed by atoms with Gasteiger partial charge in [0, 0.05) is 6.07 Å². The van der Waals surface area contributed by atoms with Crippen molar-refractivity contribution in [1.29, 1.82) is 0 Å². The van der Waals surface area contributed by atoms with Crippen LogP contribution in [0.5, 0.6) is 5.75 Å². The Morgan fingerprint density at radius 1 is 1.30 bits per heavy atom. The van der Waals surface area contributed by atoms with Crippen molar-refractivity contribution in [2.75, 3.05) is 24.4 Å². The number of carbonyl (C=O) groups is 2. The van der Waals surface area contributed by atoms with Crippen LogP contribution in [0.3, 0.4) is 0 Å². The van der Waals surface area contributed by atoms with Crippen LogP contribution in [0.25, 0.3) is 0 Å². The average Bonchev–Trinajstić information content (AvgIpc) is 2.97. The van der Waals surface area contributed by atoms with Crippen LogP contribution >= 0.6 is 0 Å². The molecular formula is C13H16N6O4. The number of benzene rings is 1. The highest BCUT2D eigenvalue weighted by Crippen LogP contribution is 2.29. The van der Waals surface area contributed by atoms with Gasteiger partial charge >= 0.3 is 6.09 Å². The standard InChI is InChI=1S/C13H16N6O4/c1-3-23-13(21)16-9-6-7(22-2)4-5-8(9)15-12-10(11(14)20)17-19-18-12/h4-6H,3H2,1-2H3,(H2,14,20)(H,16,21)(H2,15,17,18,19). The van der Waals surface area contributed by atoms with Gasteiger partial charge < -0.3 is 20.5 Å². The fourth-order valence-electron chi connectivity index (χ4n) is 1.76. The first-order valence-corrected chi connectivity index (χ1v) is 6.64. The summed E-state index contributed by atoms with van der Waals surface area (Å²) in [6.07, 6.45) is -0.626. The maximum Gasteiger partial charge on any atom is 0.411 e. The van der Waals surface area contributed by atoms with Gasteiger partial charge in [-0.05, 0) is 19.1 Å². The van der Waals surface area contributed by atoms with Gasteiger partial charge in [0.05, 0.1) is 25.1 Å². The summed E-state index contributed by atoms with van der Waals surface area (Å²) in [5.41, 5.74) is 5.98. The van der Waals surface area contributed by atoms with Crippen LogP contribution in [0.2, 0.25) is 0 Å². The number of nitrogens with two attached hydrogens (primary N) is 1. The van der Waals surface area contributed by atoms with E-state index in [2.05, 4.69) is 26.0 Å². The van der Waals surface area contributed by atoms with Crippen molar-refractivity contribution in [2.45, 2.75) is 6.92 Å². The summed E-state index contributed by atoms with van der Waals surface area (Å²) in [4.78, 5) is 22.9. The van der Waals surface area contributed by atoms with Crippen LogP contribution in [0.1, 0.15) is 17.4 Å². The van der Waals surface area contributed by atoms with Crippen LogP contribution in [-0.2, 0) is 4.74 Å². The molecule has 0 radical (unpaired) electrons.